The smallest absolute Gasteiger partial charge is 0.264 e. The van der Waals surface area contributed by atoms with Crippen molar-refractivity contribution >= 4 is 39.1 Å². The Morgan fingerprint density at radius 3 is 2.07 bits per heavy atom. The number of ether oxygens (including phenoxy) is 1. The Morgan fingerprint density at radius 2 is 1.47 bits per heavy atom. The molecule has 4 aromatic carbocycles. The summed E-state index contributed by atoms with van der Waals surface area (Å²) in [5.41, 5.74) is 1.74. The second-order valence-corrected chi connectivity index (χ2v) is 12.0. The largest absolute Gasteiger partial charge is 0.494 e. The zero-order chi connectivity index (χ0) is 30.8. The van der Waals surface area contributed by atoms with E-state index in [1.54, 1.807) is 66.7 Å². The molecule has 4 aromatic rings. The van der Waals surface area contributed by atoms with Gasteiger partial charge >= 0.3 is 0 Å². The molecular formula is C33H34ClN3O5S. The van der Waals surface area contributed by atoms with Crippen LogP contribution >= 0.6 is 11.6 Å². The summed E-state index contributed by atoms with van der Waals surface area (Å²) in [4.78, 5) is 29.1. The van der Waals surface area contributed by atoms with Crippen LogP contribution in [0.5, 0.6) is 5.75 Å². The van der Waals surface area contributed by atoms with Gasteiger partial charge in [-0.2, -0.15) is 0 Å². The molecule has 2 amide bonds. The van der Waals surface area contributed by atoms with E-state index in [-0.39, 0.29) is 29.5 Å². The van der Waals surface area contributed by atoms with E-state index in [1.807, 2.05) is 37.3 Å². The molecule has 224 valence electrons. The average molecular weight is 620 g/mol. The van der Waals surface area contributed by atoms with E-state index in [4.69, 9.17) is 16.3 Å². The zero-order valence-corrected chi connectivity index (χ0v) is 25.6. The van der Waals surface area contributed by atoms with Gasteiger partial charge in [0.1, 0.15) is 18.3 Å². The molecule has 0 saturated heterocycles. The molecule has 0 fully saturated rings. The third-order valence-corrected chi connectivity index (χ3v) is 9.02. The first-order chi connectivity index (χ1) is 20.7. The highest BCUT2D eigenvalue weighted by molar-refractivity contribution is 7.92. The fourth-order valence-corrected chi connectivity index (χ4v) is 6.29. The maximum atomic E-state index is 14.3. The van der Waals surface area contributed by atoms with E-state index >= 15 is 0 Å². The van der Waals surface area contributed by atoms with Crippen LogP contribution in [0.4, 0.5) is 5.69 Å². The maximum Gasteiger partial charge on any atom is 0.264 e. The minimum atomic E-state index is -4.18. The minimum Gasteiger partial charge on any atom is -0.494 e. The molecule has 0 aliphatic rings. The maximum absolute atomic E-state index is 14.3. The van der Waals surface area contributed by atoms with Crippen LogP contribution in [-0.2, 0) is 32.6 Å². The molecule has 4 rings (SSSR count). The van der Waals surface area contributed by atoms with Gasteiger partial charge in [0.15, 0.2) is 0 Å². The van der Waals surface area contributed by atoms with E-state index in [0.29, 0.717) is 22.9 Å². The van der Waals surface area contributed by atoms with Crippen LogP contribution in [0.1, 0.15) is 18.1 Å². The molecule has 0 saturated carbocycles. The lowest BCUT2D eigenvalue weighted by Crippen LogP contribution is -2.53. The van der Waals surface area contributed by atoms with Crippen LogP contribution in [-0.4, -0.2) is 51.4 Å². The van der Waals surface area contributed by atoms with Gasteiger partial charge in [0.05, 0.1) is 17.2 Å². The van der Waals surface area contributed by atoms with Crippen molar-refractivity contribution in [2.75, 3.05) is 24.5 Å². The summed E-state index contributed by atoms with van der Waals surface area (Å²) >= 11 is 6.49. The molecule has 0 aliphatic heterocycles. The number of halogens is 1. The van der Waals surface area contributed by atoms with Gasteiger partial charge in [0, 0.05) is 25.0 Å². The molecule has 1 atom stereocenters. The predicted octanol–water partition coefficient (Wildman–Crippen LogP) is 5.32. The normalized spacial score (nSPS) is 11.8. The molecule has 0 bridgehead atoms. The quantitative estimate of drug-likeness (QED) is 0.219. The summed E-state index contributed by atoms with van der Waals surface area (Å²) in [6.07, 6.45) is 0.213. The highest BCUT2D eigenvalue weighted by Crippen LogP contribution is 2.27. The monoisotopic (exact) mass is 619 g/mol. The number of sulfonamides is 1. The first-order valence-corrected chi connectivity index (χ1v) is 15.7. The van der Waals surface area contributed by atoms with E-state index in [0.717, 1.165) is 9.87 Å². The van der Waals surface area contributed by atoms with E-state index in [2.05, 4.69) is 5.32 Å². The van der Waals surface area contributed by atoms with Crippen LogP contribution in [0, 0.1) is 0 Å². The van der Waals surface area contributed by atoms with E-state index in [1.165, 1.54) is 24.1 Å². The summed E-state index contributed by atoms with van der Waals surface area (Å²) < 4.78 is 34.6. The number of nitrogens with zero attached hydrogens (tertiary/aromatic N) is 2. The number of anilines is 1. The summed E-state index contributed by atoms with van der Waals surface area (Å²) in [5, 5.41) is 3.10. The lowest BCUT2D eigenvalue weighted by Gasteiger charge is -2.33. The number of hydrogen-bond donors (Lipinski definition) is 1. The first-order valence-electron chi connectivity index (χ1n) is 13.8. The van der Waals surface area contributed by atoms with Crippen LogP contribution in [0.2, 0.25) is 5.02 Å². The second-order valence-electron chi connectivity index (χ2n) is 9.68. The third-order valence-electron chi connectivity index (χ3n) is 6.86. The summed E-state index contributed by atoms with van der Waals surface area (Å²) in [7, 11) is -2.68. The lowest BCUT2D eigenvalue weighted by atomic mass is 10.0. The SMILES string of the molecule is CCOc1ccc(N(CC(=O)N(Cc2ccccc2Cl)[C@H](Cc2ccccc2)C(=O)NC)S(=O)(=O)c2ccccc2)cc1. The molecular weight excluding hydrogens is 586 g/mol. The first kappa shape index (κ1) is 31.6. The topological polar surface area (TPSA) is 96.0 Å². The van der Waals surface area contributed by atoms with Crippen molar-refractivity contribution < 1.29 is 22.7 Å². The number of nitrogens with one attached hydrogen (secondary N) is 1. The summed E-state index contributed by atoms with van der Waals surface area (Å²) in [6.45, 7) is 1.73. The van der Waals surface area contributed by atoms with Crippen LogP contribution < -0.4 is 14.4 Å². The number of carbonyl (C=O) groups excluding carboxylic acids is 2. The Labute approximate surface area is 257 Å². The Hall–Kier alpha value is -4.34. The van der Waals surface area contributed by atoms with Crippen LogP contribution in [0.25, 0.3) is 0 Å². The highest BCUT2D eigenvalue weighted by atomic mass is 35.5. The van der Waals surface area contributed by atoms with Crippen molar-refractivity contribution in [1.82, 2.24) is 10.2 Å². The van der Waals surface area contributed by atoms with Crippen LogP contribution in [0.3, 0.4) is 0 Å². The minimum absolute atomic E-state index is 0.00801. The van der Waals surface area contributed by atoms with Gasteiger partial charge in [-0.05, 0) is 60.5 Å². The summed E-state index contributed by atoms with van der Waals surface area (Å²) in [6, 6.07) is 29.9. The predicted molar refractivity (Wildman–Crippen MR) is 169 cm³/mol. The molecule has 0 heterocycles. The Bertz CT molecular complexity index is 1620. The van der Waals surface area contributed by atoms with Gasteiger partial charge in [0.2, 0.25) is 11.8 Å². The van der Waals surface area contributed by atoms with Gasteiger partial charge in [-0.25, -0.2) is 8.42 Å². The zero-order valence-electron chi connectivity index (χ0n) is 24.0. The van der Waals surface area contributed by atoms with E-state index in [9.17, 15) is 18.0 Å². The van der Waals surface area contributed by atoms with Crippen LogP contribution in [0.15, 0.2) is 114 Å². The summed E-state index contributed by atoms with van der Waals surface area (Å²) in [5.74, 6) is -0.391. The standard InChI is InChI=1S/C33H34ClN3O5S/c1-3-42-28-20-18-27(19-21-28)37(43(40,41)29-15-8-5-9-16-29)24-32(38)36(23-26-14-10-11-17-30(26)34)31(33(39)35-2)22-25-12-6-4-7-13-25/h4-21,31H,3,22-24H2,1-2H3,(H,35,39)/t31-/m1/s1. The molecule has 0 spiro atoms. The Kier molecular flexibility index (Phi) is 10.8. The molecule has 1 N–H and O–H groups in total. The number of benzene rings is 4. The molecule has 0 unspecified atom stereocenters. The molecule has 8 nitrogen and oxygen atoms in total. The molecule has 0 aliphatic carbocycles. The van der Waals surface area contributed by atoms with Crippen molar-refractivity contribution in [2.45, 2.75) is 30.8 Å². The van der Waals surface area contributed by atoms with Gasteiger partial charge in [-0.1, -0.05) is 78.3 Å². The Morgan fingerprint density at radius 1 is 0.860 bits per heavy atom. The van der Waals surface area contributed by atoms with Crippen molar-refractivity contribution in [3.8, 4) is 5.75 Å². The Balaban J connectivity index is 1.78. The average Bonchev–Trinajstić information content (AvgIpc) is 3.03. The molecule has 10 heteroatoms. The van der Waals surface area contributed by atoms with E-state index < -0.39 is 28.5 Å². The van der Waals surface area contributed by atoms with Crippen molar-refractivity contribution in [3.63, 3.8) is 0 Å². The fraction of sp³-hybridized carbons (Fsp3) is 0.212. The number of rotatable bonds is 13. The number of carbonyl (C=O) groups is 2. The molecule has 0 aromatic heterocycles. The highest BCUT2D eigenvalue weighted by Gasteiger charge is 2.34. The molecule has 0 radical (unpaired) electrons. The number of likely N-dealkylation sites (N-methyl/N-ethyl adjacent to an activating group) is 1. The van der Waals surface area contributed by atoms with Gasteiger partial charge in [-0.15, -0.1) is 0 Å². The second kappa shape index (κ2) is 14.7. The number of hydrogen-bond acceptors (Lipinski definition) is 5. The third kappa shape index (κ3) is 7.94. The van der Waals surface area contributed by atoms with Gasteiger partial charge < -0.3 is 15.0 Å². The van der Waals surface area contributed by atoms with Crippen molar-refractivity contribution in [2.24, 2.45) is 0 Å². The van der Waals surface area contributed by atoms with Crippen molar-refractivity contribution in [3.05, 3.63) is 125 Å². The van der Waals surface area contributed by atoms with Gasteiger partial charge in [-0.3, -0.25) is 13.9 Å². The van der Waals surface area contributed by atoms with Gasteiger partial charge in [0.25, 0.3) is 10.0 Å². The number of amides is 2. The van der Waals surface area contributed by atoms with Crippen molar-refractivity contribution in [1.29, 1.82) is 0 Å². The lowest BCUT2D eigenvalue weighted by molar-refractivity contribution is -0.139. The molecule has 43 heavy (non-hydrogen) atoms. The fourth-order valence-electron chi connectivity index (χ4n) is 4.65.